The minimum atomic E-state index is 0.0189. The second-order valence-electron chi connectivity index (χ2n) is 8.31. The number of ether oxygens (including phenoxy) is 2. The number of likely N-dealkylation sites (tertiary alicyclic amines) is 1. The van der Waals surface area contributed by atoms with Crippen molar-refractivity contribution in [2.45, 2.75) is 50.9 Å². The van der Waals surface area contributed by atoms with Gasteiger partial charge >= 0.3 is 0 Å². The Bertz CT molecular complexity index is 691. The molecule has 1 aromatic rings. The van der Waals surface area contributed by atoms with Gasteiger partial charge in [0.25, 0.3) is 5.91 Å². The Morgan fingerprint density at radius 1 is 1.20 bits per heavy atom. The monoisotopic (exact) mass is 416 g/mol. The molecule has 3 rings (SSSR count). The summed E-state index contributed by atoms with van der Waals surface area (Å²) in [6.45, 7) is 4.16. The van der Waals surface area contributed by atoms with Crippen LogP contribution in [0.25, 0.3) is 0 Å². The third-order valence-corrected chi connectivity index (χ3v) is 5.80. The molecule has 1 amide bonds. The highest BCUT2D eigenvalue weighted by atomic mass is 16.5. The zero-order valence-corrected chi connectivity index (χ0v) is 18.6. The summed E-state index contributed by atoms with van der Waals surface area (Å²) in [7, 11) is 5.35. The lowest BCUT2D eigenvalue weighted by Crippen LogP contribution is -2.47. The van der Waals surface area contributed by atoms with Crippen molar-refractivity contribution in [3.05, 3.63) is 35.4 Å². The first-order valence-corrected chi connectivity index (χ1v) is 11.1. The Hall–Kier alpha value is -2.12. The number of carbonyl (C=O) groups excluding carboxylic acids is 1. The minimum absolute atomic E-state index is 0.0189. The van der Waals surface area contributed by atoms with Crippen LogP contribution >= 0.6 is 0 Å². The van der Waals surface area contributed by atoms with Crippen LogP contribution in [0.3, 0.4) is 0 Å². The van der Waals surface area contributed by atoms with E-state index in [4.69, 9.17) is 9.47 Å². The van der Waals surface area contributed by atoms with Crippen molar-refractivity contribution in [1.82, 2.24) is 15.1 Å². The van der Waals surface area contributed by atoms with Gasteiger partial charge in [0.15, 0.2) is 5.96 Å². The lowest BCUT2D eigenvalue weighted by atomic mass is 10.1. The van der Waals surface area contributed by atoms with E-state index in [2.05, 4.69) is 15.2 Å². The summed E-state index contributed by atoms with van der Waals surface area (Å²) >= 11 is 0. The second kappa shape index (κ2) is 11.3. The number of carbonyl (C=O) groups is 1. The van der Waals surface area contributed by atoms with E-state index in [0.29, 0.717) is 18.2 Å². The van der Waals surface area contributed by atoms with Crippen LogP contribution in [0.2, 0.25) is 0 Å². The van der Waals surface area contributed by atoms with Gasteiger partial charge in [-0.2, -0.15) is 0 Å². The number of rotatable bonds is 6. The number of aliphatic imine (C=N–C) groups is 1. The molecule has 0 bridgehead atoms. The van der Waals surface area contributed by atoms with Crippen molar-refractivity contribution in [2.75, 3.05) is 47.4 Å². The minimum Gasteiger partial charge on any atom is -0.376 e. The molecule has 7 nitrogen and oxygen atoms in total. The smallest absolute Gasteiger partial charge is 0.253 e. The van der Waals surface area contributed by atoms with E-state index in [0.717, 1.165) is 57.1 Å². The molecule has 0 saturated carbocycles. The summed E-state index contributed by atoms with van der Waals surface area (Å²) < 4.78 is 11.9. The summed E-state index contributed by atoms with van der Waals surface area (Å²) in [6, 6.07) is 7.73. The Kier molecular flexibility index (Phi) is 8.51. The van der Waals surface area contributed by atoms with Gasteiger partial charge in [0.1, 0.15) is 0 Å². The quantitative estimate of drug-likeness (QED) is 0.570. The lowest BCUT2D eigenvalue weighted by molar-refractivity contribution is -0.0721. The van der Waals surface area contributed by atoms with E-state index in [1.807, 2.05) is 31.3 Å². The van der Waals surface area contributed by atoms with Gasteiger partial charge in [0, 0.05) is 52.9 Å². The van der Waals surface area contributed by atoms with E-state index in [1.54, 1.807) is 19.0 Å². The molecule has 0 spiro atoms. The Morgan fingerprint density at radius 2 is 1.93 bits per heavy atom. The van der Waals surface area contributed by atoms with E-state index in [1.165, 1.54) is 12.8 Å². The molecule has 1 aromatic carbocycles. The van der Waals surface area contributed by atoms with E-state index < -0.39 is 0 Å². The molecule has 7 heteroatoms. The number of nitrogens with zero attached hydrogens (tertiary/aromatic N) is 3. The van der Waals surface area contributed by atoms with E-state index >= 15 is 0 Å². The van der Waals surface area contributed by atoms with Crippen molar-refractivity contribution in [2.24, 2.45) is 4.99 Å². The average Bonchev–Trinajstić information content (AvgIpc) is 2.79. The van der Waals surface area contributed by atoms with Gasteiger partial charge in [-0.15, -0.1) is 0 Å². The van der Waals surface area contributed by atoms with Gasteiger partial charge in [0.2, 0.25) is 0 Å². The van der Waals surface area contributed by atoms with Crippen LogP contribution in [0, 0.1) is 0 Å². The molecule has 1 unspecified atom stereocenters. The summed E-state index contributed by atoms with van der Waals surface area (Å²) in [4.78, 5) is 20.3. The highest BCUT2D eigenvalue weighted by Gasteiger charge is 2.23. The van der Waals surface area contributed by atoms with E-state index in [-0.39, 0.29) is 12.0 Å². The standard InChI is InChI=1S/C23H36N4O3/c1-24-23(25-16-18-7-9-19(10-8-18)22(28)26(2)3)27-13-11-20(12-14-27)30-17-21-6-4-5-15-29-21/h7-10,20-21H,4-6,11-17H2,1-3H3,(H,24,25). The highest BCUT2D eigenvalue weighted by Crippen LogP contribution is 2.18. The largest absolute Gasteiger partial charge is 0.376 e. The van der Waals surface area contributed by atoms with Gasteiger partial charge in [-0.1, -0.05) is 12.1 Å². The molecular formula is C23H36N4O3. The molecule has 0 radical (unpaired) electrons. The van der Waals surface area contributed by atoms with Gasteiger partial charge < -0.3 is 24.6 Å². The maximum Gasteiger partial charge on any atom is 0.253 e. The Labute approximate surface area is 180 Å². The molecule has 2 saturated heterocycles. The SMILES string of the molecule is CN=C(NCc1ccc(C(=O)N(C)C)cc1)N1CCC(OCC2CCCCO2)CC1. The molecule has 2 aliphatic heterocycles. The average molecular weight is 417 g/mol. The molecule has 30 heavy (non-hydrogen) atoms. The van der Waals surface area contributed by atoms with Crippen molar-refractivity contribution >= 4 is 11.9 Å². The summed E-state index contributed by atoms with van der Waals surface area (Å²) in [5, 5.41) is 3.45. The zero-order valence-electron chi connectivity index (χ0n) is 18.6. The van der Waals surface area contributed by atoms with E-state index in [9.17, 15) is 4.79 Å². The number of hydrogen-bond donors (Lipinski definition) is 1. The van der Waals surface area contributed by atoms with Crippen LogP contribution in [0.1, 0.15) is 48.0 Å². The lowest BCUT2D eigenvalue weighted by Gasteiger charge is -2.35. The van der Waals surface area contributed by atoms with Crippen LogP contribution in [0.15, 0.2) is 29.3 Å². The molecule has 166 valence electrons. The van der Waals surface area contributed by atoms with Crippen molar-refractivity contribution in [1.29, 1.82) is 0 Å². The Balaban J connectivity index is 1.40. The third kappa shape index (κ3) is 6.44. The summed E-state index contributed by atoms with van der Waals surface area (Å²) in [5.74, 6) is 0.933. The second-order valence-corrected chi connectivity index (χ2v) is 8.31. The number of amides is 1. The van der Waals surface area contributed by atoms with Crippen molar-refractivity contribution in [3.63, 3.8) is 0 Å². The molecule has 1 atom stereocenters. The van der Waals surface area contributed by atoms with Crippen LogP contribution in [0.5, 0.6) is 0 Å². The summed E-state index contributed by atoms with van der Waals surface area (Å²) in [6.07, 6.45) is 6.17. The molecule has 2 heterocycles. The topological polar surface area (TPSA) is 66.4 Å². The maximum absolute atomic E-state index is 12.0. The van der Waals surface area contributed by atoms with Gasteiger partial charge in [-0.3, -0.25) is 9.79 Å². The Morgan fingerprint density at radius 3 is 2.53 bits per heavy atom. The molecule has 2 aliphatic rings. The fraction of sp³-hybridized carbons (Fsp3) is 0.652. The number of benzene rings is 1. The molecular weight excluding hydrogens is 380 g/mol. The number of nitrogens with one attached hydrogen (secondary N) is 1. The number of hydrogen-bond acceptors (Lipinski definition) is 4. The van der Waals surface area contributed by atoms with Gasteiger partial charge in [-0.25, -0.2) is 0 Å². The fourth-order valence-corrected chi connectivity index (χ4v) is 3.95. The normalized spacial score (nSPS) is 20.8. The summed E-state index contributed by atoms with van der Waals surface area (Å²) in [5.41, 5.74) is 1.82. The van der Waals surface area contributed by atoms with Crippen molar-refractivity contribution in [3.8, 4) is 0 Å². The first-order chi connectivity index (χ1) is 14.6. The van der Waals surface area contributed by atoms with Crippen molar-refractivity contribution < 1.29 is 14.3 Å². The van der Waals surface area contributed by atoms with Crippen LogP contribution in [-0.4, -0.2) is 81.3 Å². The first-order valence-electron chi connectivity index (χ1n) is 11.1. The molecule has 0 aliphatic carbocycles. The third-order valence-electron chi connectivity index (χ3n) is 5.80. The van der Waals surface area contributed by atoms with Gasteiger partial charge in [-0.05, 0) is 49.8 Å². The highest BCUT2D eigenvalue weighted by molar-refractivity contribution is 5.93. The molecule has 1 N–H and O–H groups in total. The van der Waals surface area contributed by atoms with Crippen LogP contribution < -0.4 is 5.32 Å². The predicted octanol–water partition coefficient (Wildman–Crippen LogP) is 2.51. The molecule has 0 aromatic heterocycles. The number of guanidine groups is 1. The van der Waals surface area contributed by atoms with Gasteiger partial charge in [0.05, 0.1) is 18.8 Å². The fourth-order valence-electron chi connectivity index (χ4n) is 3.95. The van der Waals surface area contributed by atoms with Crippen LogP contribution in [0.4, 0.5) is 0 Å². The maximum atomic E-state index is 12.0. The molecule has 2 fully saturated rings. The zero-order chi connectivity index (χ0) is 21.3. The number of piperidine rings is 1. The van der Waals surface area contributed by atoms with Crippen LogP contribution in [-0.2, 0) is 16.0 Å². The first kappa shape index (κ1) is 22.6. The predicted molar refractivity (Wildman–Crippen MR) is 119 cm³/mol.